The Kier molecular flexibility index (Phi) is 6.84. The zero-order chi connectivity index (χ0) is 23.4. The predicted molar refractivity (Wildman–Crippen MR) is 124 cm³/mol. The normalized spacial score (nSPS) is 15.0. The molecule has 8 heteroatoms. The summed E-state index contributed by atoms with van der Waals surface area (Å²) in [6, 6.07) is 13.2. The second-order valence-electron chi connectivity index (χ2n) is 7.68. The number of aromatic nitrogens is 2. The highest BCUT2D eigenvalue weighted by Gasteiger charge is 2.42. The summed E-state index contributed by atoms with van der Waals surface area (Å²) in [6.45, 7) is 3.70. The Labute approximate surface area is 193 Å². The topological polar surface area (TPSA) is 85.9 Å². The molecule has 2 aromatic carbocycles. The van der Waals surface area contributed by atoms with E-state index in [9.17, 15) is 4.79 Å². The third kappa shape index (κ3) is 4.26. The Balaban J connectivity index is 1.79. The van der Waals surface area contributed by atoms with Gasteiger partial charge in [0.15, 0.2) is 11.5 Å². The number of carbonyl (C=O) groups is 1. The molecule has 0 saturated heterocycles. The van der Waals surface area contributed by atoms with Crippen molar-refractivity contribution < 1.29 is 23.7 Å². The molecule has 1 aromatic heterocycles. The zero-order valence-corrected chi connectivity index (χ0v) is 19.4. The van der Waals surface area contributed by atoms with E-state index in [1.165, 1.54) is 0 Å². The van der Waals surface area contributed by atoms with Crippen LogP contribution in [0.15, 0.2) is 42.5 Å². The molecule has 1 aliphatic rings. The minimum absolute atomic E-state index is 0.0702. The van der Waals surface area contributed by atoms with Crippen LogP contribution in [0, 0.1) is 0 Å². The molecule has 2 heterocycles. The van der Waals surface area contributed by atoms with E-state index < -0.39 is 0 Å². The van der Waals surface area contributed by atoms with E-state index in [-0.39, 0.29) is 11.9 Å². The van der Waals surface area contributed by atoms with Crippen molar-refractivity contribution in [2.45, 2.75) is 19.4 Å². The first-order valence-electron chi connectivity index (χ1n) is 11.0. The van der Waals surface area contributed by atoms with Gasteiger partial charge in [-0.25, -0.2) is 0 Å². The molecular weight excluding hydrogens is 422 g/mol. The van der Waals surface area contributed by atoms with Crippen LogP contribution in [0.2, 0.25) is 0 Å². The van der Waals surface area contributed by atoms with Crippen molar-refractivity contribution in [2.75, 3.05) is 41.1 Å². The second kappa shape index (κ2) is 9.95. The van der Waals surface area contributed by atoms with Gasteiger partial charge in [0.1, 0.15) is 11.4 Å². The number of carbonyl (C=O) groups excluding carboxylic acids is 1. The first-order valence-corrected chi connectivity index (χ1v) is 11.0. The quantitative estimate of drug-likeness (QED) is 0.468. The van der Waals surface area contributed by atoms with E-state index in [1.807, 2.05) is 54.3 Å². The van der Waals surface area contributed by atoms with Crippen molar-refractivity contribution in [3.63, 3.8) is 0 Å². The van der Waals surface area contributed by atoms with Gasteiger partial charge in [-0.2, -0.15) is 5.10 Å². The maximum absolute atomic E-state index is 13.4. The first-order chi connectivity index (χ1) is 16.1. The van der Waals surface area contributed by atoms with Crippen LogP contribution >= 0.6 is 0 Å². The molecule has 174 valence electrons. The van der Waals surface area contributed by atoms with E-state index in [2.05, 4.69) is 10.2 Å². The Bertz CT molecular complexity index is 1110. The fourth-order valence-corrected chi connectivity index (χ4v) is 4.27. The lowest BCUT2D eigenvalue weighted by atomic mass is 9.95. The number of nitrogens with one attached hydrogen (secondary N) is 1. The van der Waals surface area contributed by atoms with Crippen LogP contribution in [-0.4, -0.2) is 62.1 Å². The van der Waals surface area contributed by atoms with Gasteiger partial charge >= 0.3 is 0 Å². The molecule has 0 aliphatic carbocycles. The van der Waals surface area contributed by atoms with Crippen LogP contribution in [-0.2, 0) is 4.74 Å². The standard InChI is InChI=1S/C25H29N3O5/c1-5-33-18-10-7-16(8-11-18)24-21-22(17-9-12-19(31-3)20(15-17)32-4)26-27-23(21)25(29)28(24)13-6-14-30-2/h7-12,15,24H,5-6,13-14H2,1-4H3,(H,26,27). The Hall–Kier alpha value is -3.52. The molecule has 0 fully saturated rings. The van der Waals surface area contributed by atoms with Gasteiger partial charge in [-0.1, -0.05) is 12.1 Å². The lowest BCUT2D eigenvalue weighted by Crippen LogP contribution is -2.31. The van der Waals surface area contributed by atoms with Gasteiger partial charge in [-0.3, -0.25) is 9.89 Å². The number of fused-ring (bicyclic) bond motifs is 1. The second-order valence-corrected chi connectivity index (χ2v) is 7.68. The van der Waals surface area contributed by atoms with E-state index in [4.69, 9.17) is 18.9 Å². The maximum Gasteiger partial charge on any atom is 0.273 e. The van der Waals surface area contributed by atoms with Crippen molar-refractivity contribution in [3.05, 3.63) is 59.3 Å². The van der Waals surface area contributed by atoms with E-state index in [1.54, 1.807) is 21.3 Å². The number of hydrogen-bond donors (Lipinski definition) is 1. The number of benzene rings is 2. The average Bonchev–Trinajstić information content (AvgIpc) is 3.39. The van der Waals surface area contributed by atoms with Gasteiger partial charge < -0.3 is 23.8 Å². The number of rotatable bonds is 10. The lowest BCUT2D eigenvalue weighted by Gasteiger charge is -2.26. The third-order valence-corrected chi connectivity index (χ3v) is 5.78. The van der Waals surface area contributed by atoms with Gasteiger partial charge in [0.2, 0.25) is 0 Å². The summed E-state index contributed by atoms with van der Waals surface area (Å²) in [5, 5.41) is 7.51. The molecule has 1 unspecified atom stereocenters. The summed E-state index contributed by atoms with van der Waals surface area (Å²) in [4.78, 5) is 15.2. The fourth-order valence-electron chi connectivity index (χ4n) is 4.27. The minimum atomic E-state index is -0.276. The summed E-state index contributed by atoms with van der Waals surface area (Å²) in [5.41, 5.74) is 3.91. The predicted octanol–water partition coefficient (Wildman–Crippen LogP) is 4.07. The summed E-state index contributed by atoms with van der Waals surface area (Å²) >= 11 is 0. The third-order valence-electron chi connectivity index (χ3n) is 5.78. The summed E-state index contributed by atoms with van der Waals surface area (Å²) < 4.78 is 21.7. The molecule has 1 N–H and O–H groups in total. The highest BCUT2D eigenvalue weighted by Crippen LogP contribution is 2.44. The van der Waals surface area contributed by atoms with E-state index >= 15 is 0 Å². The number of nitrogens with zero attached hydrogens (tertiary/aromatic N) is 2. The highest BCUT2D eigenvalue weighted by atomic mass is 16.5. The van der Waals surface area contributed by atoms with Gasteiger partial charge in [0.05, 0.1) is 32.6 Å². The van der Waals surface area contributed by atoms with Crippen LogP contribution < -0.4 is 14.2 Å². The summed E-state index contributed by atoms with van der Waals surface area (Å²) in [5.74, 6) is 1.96. The molecule has 0 radical (unpaired) electrons. The smallest absolute Gasteiger partial charge is 0.273 e. The van der Waals surface area contributed by atoms with Gasteiger partial charge in [0.25, 0.3) is 5.91 Å². The molecule has 33 heavy (non-hydrogen) atoms. The molecule has 8 nitrogen and oxygen atoms in total. The van der Waals surface area contributed by atoms with Crippen molar-refractivity contribution in [1.82, 2.24) is 15.1 Å². The number of amides is 1. The molecule has 0 spiro atoms. The summed E-state index contributed by atoms with van der Waals surface area (Å²) in [7, 11) is 4.86. The SMILES string of the molecule is CCOc1ccc(C2c3c(-c4ccc(OC)c(OC)c4)n[nH]c3C(=O)N2CCCOC)cc1. The largest absolute Gasteiger partial charge is 0.494 e. The van der Waals surface area contributed by atoms with Crippen molar-refractivity contribution in [1.29, 1.82) is 0 Å². The van der Waals surface area contributed by atoms with Crippen LogP contribution in [0.3, 0.4) is 0 Å². The fraction of sp³-hybridized carbons (Fsp3) is 0.360. The number of H-pyrrole nitrogens is 1. The maximum atomic E-state index is 13.4. The Morgan fingerprint density at radius 1 is 1.03 bits per heavy atom. The molecule has 0 bridgehead atoms. The Morgan fingerprint density at radius 3 is 2.45 bits per heavy atom. The summed E-state index contributed by atoms with van der Waals surface area (Å²) in [6.07, 6.45) is 0.735. The number of hydrogen-bond acceptors (Lipinski definition) is 6. The highest BCUT2D eigenvalue weighted by molar-refractivity contribution is 6.00. The molecular formula is C25H29N3O5. The average molecular weight is 452 g/mol. The molecule has 1 aliphatic heterocycles. The number of aromatic amines is 1. The number of ether oxygens (including phenoxy) is 4. The lowest BCUT2D eigenvalue weighted by molar-refractivity contribution is 0.0723. The van der Waals surface area contributed by atoms with Gasteiger partial charge in [0, 0.05) is 31.4 Å². The first kappa shape index (κ1) is 22.7. The molecule has 3 aromatic rings. The van der Waals surface area contributed by atoms with E-state index in [0.717, 1.165) is 28.9 Å². The molecule has 1 amide bonds. The van der Waals surface area contributed by atoms with Crippen molar-refractivity contribution >= 4 is 5.91 Å². The van der Waals surface area contributed by atoms with Gasteiger partial charge in [-0.05, 0) is 49.2 Å². The van der Waals surface area contributed by atoms with Crippen molar-refractivity contribution in [3.8, 4) is 28.5 Å². The van der Waals surface area contributed by atoms with Gasteiger partial charge in [-0.15, -0.1) is 0 Å². The van der Waals surface area contributed by atoms with Crippen LogP contribution in [0.25, 0.3) is 11.3 Å². The van der Waals surface area contributed by atoms with Crippen LogP contribution in [0.1, 0.15) is 41.0 Å². The minimum Gasteiger partial charge on any atom is -0.494 e. The monoisotopic (exact) mass is 451 g/mol. The van der Waals surface area contributed by atoms with Crippen LogP contribution in [0.4, 0.5) is 0 Å². The number of methoxy groups -OCH3 is 3. The van der Waals surface area contributed by atoms with Crippen molar-refractivity contribution in [2.24, 2.45) is 0 Å². The van der Waals surface area contributed by atoms with Crippen LogP contribution in [0.5, 0.6) is 17.2 Å². The zero-order valence-electron chi connectivity index (χ0n) is 19.4. The molecule has 4 rings (SSSR count). The molecule has 1 atom stereocenters. The molecule has 0 saturated carbocycles. The Morgan fingerprint density at radius 2 is 1.79 bits per heavy atom. The van der Waals surface area contributed by atoms with E-state index in [0.29, 0.717) is 42.6 Å².